The molecular weight excluding hydrogens is 313 g/mol. The Morgan fingerprint density at radius 3 is 3.04 bits per heavy atom. The molecule has 1 aromatic carbocycles. The minimum atomic E-state index is -0.505. The molecule has 0 bridgehead atoms. The van der Waals surface area contributed by atoms with E-state index >= 15 is 0 Å². The summed E-state index contributed by atoms with van der Waals surface area (Å²) in [5, 5.41) is 10.2. The van der Waals surface area contributed by atoms with Crippen LogP contribution < -0.4 is 10.3 Å². The van der Waals surface area contributed by atoms with Crippen LogP contribution in [0.1, 0.15) is 12.1 Å². The molecule has 0 spiro atoms. The predicted molar refractivity (Wildman–Crippen MR) is 86.1 cm³/mol. The van der Waals surface area contributed by atoms with Crippen molar-refractivity contribution in [1.82, 2.24) is 14.9 Å². The van der Waals surface area contributed by atoms with Crippen molar-refractivity contribution >= 4 is 0 Å². The second kappa shape index (κ2) is 7.55. The van der Waals surface area contributed by atoms with Crippen LogP contribution in [0.15, 0.2) is 41.5 Å². The summed E-state index contributed by atoms with van der Waals surface area (Å²) >= 11 is 0. The lowest BCUT2D eigenvalue weighted by molar-refractivity contribution is 0.00182. The summed E-state index contributed by atoms with van der Waals surface area (Å²) in [4.78, 5) is 20.5. The molecule has 1 aromatic heterocycles. The van der Waals surface area contributed by atoms with Gasteiger partial charge in [-0.1, -0.05) is 12.1 Å². The molecule has 1 saturated heterocycles. The Kier molecular flexibility index (Phi) is 5.22. The molecule has 0 unspecified atom stereocenters. The SMILES string of the molecule is O=c1[nH]ccnc1CN1CC[C@@H](O)[C@H](COc2ccccc2F)C1. The maximum atomic E-state index is 13.6. The zero-order valence-corrected chi connectivity index (χ0v) is 13.2. The van der Waals surface area contributed by atoms with Crippen molar-refractivity contribution in [1.29, 1.82) is 0 Å². The first-order chi connectivity index (χ1) is 11.6. The molecular formula is C17H20FN3O3. The van der Waals surface area contributed by atoms with Gasteiger partial charge in [-0.25, -0.2) is 4.39 Å². The number of aliphatic hydroxyl groups is 1. The number of piperidine rings is 1. The van der Waals surface area contributed by atoms with E-state index in [2.05, 4.69) is 14.9 Å². The summed E-state index contributed by atoms with van der Waals surface area (Å²) < 4.78 is 19.1. The molecule has 0 aliphatic carbocycles. The fraction of sp³-hybridized carbons (Fsp3) is 0.412. The number of benzene rings is 1. The number of halogens is 1. The largest absolute Gasteiger partial charge is 0.490 e. The molecule has 0 amide bonds. The smallest absolute Gasteiger partial charge is 0.270 e. The molecule has 6 nitrogen and oxygen atoms in total. The van der Waals surface area contributed by atoms with Gasteiger partial charge >= 0.3 is 0 Å². The Bertz CT molecular complexity index is 737. The van der Waals surface area contributed by atoms with Crippen molar-refractivity contribution in [2.45, 2.75) is 19.1 Å². The third-order valence-corrected chi connectivity index (χ3v) is 4.22. The van der Waals surface area contributed by atoms with Gasteiger partial charge in [0.05, 0.1) is 12.7 Å². The molecule has 3 rings (SSSR count). The number of H-pyrrole nitrogens is 1. The standard InChI is InChI=1S/C17H20FN3O3/c18-13-3-1-2-4-16(13)24-11-12-9-21(8-5-15(12)22)10-14-17(23)20-7-6-19-14/h1-4,6-7,12,15,22H,5,8-11H2,(H,20,23)/t12-,15+/m0/s1. The number of para-hydroxylation sites is 1. The van der Waals surface area contributed by atoms with Crippen LogP contribution >= 0.6 is 0 Å². The van der Waals surface area contributed by atoms with Gasteiger partial charge in [0.2, 0.25) is 0 Å². The summed E-state index contributed by atoms with van der Waals surface area (Å²) in [6, 6.07) is 6.21. The van der Waals surface area contributed by atoms with Crippen molar-refractivity contribution in [2.75, 3.05) is 19.7 Å². The van der Waals surface area contributed by atoms with Crippen LogP contribution in [-0.2, 0) is 6.54 Å². The van der Waals surface area contributed by atoms with Gasteiger partial charge in [-0.15, -0.1) is 0 Å². The molecule has 2 heterocycles. The van der Waals surface area contributed by atoms with Crippen LogP contribution in [0.3, 0.4) is 0 Å². The second-order valence-electron chi connectivity index (χ2n) is 5.96. The zero-order valence-electron chi connectivity index (χ0n) is 13.2. The zero-order chi connectivity index (χ0) is 16.9. The summed E-state index contributed by atoms with van der Waals surface area (Å²) in [6.07, 6.45) is 3.12. The molecule has 2 atom stereocenters. The maximum Gasteiger partial charge on any atom is 0.270 e. The van der Waals surface area contributed by atoms with Gasteiger partial charge < -0.3 is 14.8 Å². The van der Waals surface area contributed by atoms with Gasteiger partial charge in [0, 0.05) is 37.9 Å². The highest BCUT2D eigenvalue weighted by Gasteiger charge is 2.29. The number of hydrogen-bond donors (Lipinski definition) is 2. The predicted octanol–water partition coefficient (Wildman–Crippen LogP) is 1.17. The third-order valence-electron chi connectivity index (χ3n) is 4.22. The highest BCUT2D eigenvalue weighted by Crippen LogP contribution is 2.21. The summed E-state index contributed by atoms with van der Waals surface area (Å²) in [5.74, 6) is -0.385. The van der Waals surface area contributed by atoms with Crippen LogP contribution in [0.5, 0.6) is 5.75 Å². The average molecular weight is 333 g/mol. The molecule has 0 radical (unpaired) electrons. The summed E-state index contributed by atoms with van der Waals surface area (Å²) in [6.45, 7) is 1.87. The van der Waals surface area contributed by atoms with Crippen LogP contribution in [0.4, 0.5) is 4.39 Å². The van der Waals surface area contributed by atoms with Gasteiger partial charge in [-0.3, -0.25) is 14.7 Å². The summed E-state index contributed by atoms with van der Waals surface area (Å²) in [5.41, 5.74) is 0.241. The highest BCUT2D eigenvalue weighted by atomic mass is 19.1. The number of likely N-dealkylation sites (tertiary alicyclic amines) is 1. The first-order valence-corrected chi connectivity index (χ1v) is 7.94. The van der Waals surface area contributed by atoms with Crippen molar-refractivity contribution in [3.63, 3.8) is 0 Å². The molecule has 2 aromatic rings. The van der Waals surface area contributed by atoms with E-state index in [0.717, 1.165) is 0 Å². The number of aromatic amines is 1. The molecule has 7 heteroatoms. The van der Waals surface area contributed by atoms with E-state index in [0.29, 0.717) is 31.7 Å². The Balaban J connectivity index is 1.60. The van der Waals surface area contributed by atoms with Crippen LogP contribution in [-0.4, -0.2) is 45.8 Å². The fourth-order valence-electron chi connectivity index (χ4n) is 2.87. The molecule has 0 saturated carbocycles. The van der Waals surface area contributed by atoms with Crippen LogP contribution in [0.2, 0.25) is 0 Å². The Morgan fingerprint density at radius 1 is 1.42 bits per heavy atom. The van der Waals surface area contributed by atoms with E-state index in [1.54, 1.807) is 24.4 Å². The van der Waals surface area contributed by atoms with E-state index in [-0.39, 0.29) is 23.8 Å². The first kappa shape index (κ1) is 16.6. The number of nitrogens with zero attached hydrogens (tertiary/aromatic N) is 2. The van der Waals surface area contributed by atoms with Crippen molar-refractivity contribution < 1.29 is 14.2 Å². The molecule has 1 fully saturated rings. The van der Waals surface area contributed by atoms with E-state index < -0.39 is 11.9 Å². The molecule has 128 valence electrons. The highest BCUT2D eigenvalue weighted by molar-refractivity contribution is 5.23. The van der Waals surface area contributed by atoms with Crippen molar-refractivity contribution in [3.05, 3.63) is 58.5 Å². The van der Waals surface area contributed by atoms with Gasteiger partial charge in [0.1, 0.15) is 5.69 Å². The average Bonchev–Trinajstić information content (AvgIpc) is 2.58. The van der Waals surface area contributed by atoms with Gasteiger partial charge in [0.15, 0.2) is 11.6 Å². The lowest BCUT2D eigenvalue weighted by Gasteiger charge is -2.35. The normalized spacial score (nSPS) is 21.6. The number of aromatic nitrogens is 2. The van der Waals surface area contributed by atoms with E-state index in [9.17, 15) is 14.3 Å². The topological polar surface area (TPSA) is 78.5 Å². The molecule has 24 heavy (non-hydrogen) atoms. The third kappa shape index (κ3) is 3.98. The minimum absolute atomic E-state index is 0.152. The number of aliphatic hydroxyl groups excluding tert-OH is 1. The number of nitrogens with one attached hydrogen (secondary N) is 1. The van der Waals surface area contributed by atoms with Gasteiger partial charge in [0.25, 0.3) is 5.56 Å². The summed E-state index contributed by atoms with van der Waals surface area (Å²) in [7, 11) is 0. The Morgan fingerprint density at radius 2 is 2.25 bits per heavy atom. The Labute approximate surface area is 138 Å². The quantitative estimate of drug-likeness (QED) is 0.859. The van der Waals surface area contributed by atoms with Gasteiger partial charge in [-0.05, 0) is 18.6 Å². The Hall–Kier alpha value is -2.25. The number of rotatable bonds is 5. The maximum absolute atomic E-state index is 13.6. The van der Waals surface area contributed by atoms with Crippen LogP contribution in [0, 0.1) is 11.7 Å². The molecule has 1 aliphatic heterocycles. The fourth-order valence-corrected chi connectivity index (χ4v) is 2.87. The van der Waals surface area contributed by atoms with E-state index in [4.69, 9.17) is 4.74 Å². The van der Waals surface area contributed by atoms with Crippen molar-refractivity contribution in [2.24, 2.45) is 5.92 Å². The first-order valence-electron chi connectivity index (χ1n) is 7.94. The number of hydrogen-bond acceptors (Lipinski definition) is 5. The van der Waals surface area contributed by atoms with Gasteiger partial charge in [-0.2, -0.15) is 0 Å². The minimum Gasteiger partial charge on any atom is -0.490 e. The monoisotopic (exact) mass is 333 g/mol. The van der Waals surface area contributed by atoms with E-state index in [1.165, 1.54) is 12.3 Å². The number of ether oxygens (including phenoxy) is 1. The van der Waals surface area contributed by atoms with Crippen molar-refractivity contribution in [3.8, 4) is 5.75 Å². The van der Waals surface area contributed by atoms with Crippen LogP contribution in [0.25, 0.3) is 0 Å². The molecule has 2 N–H and O–H groups in total. The molecule has 1 aliphatic rings. The second-order valence-corrected chi connectivity index (χ2v) is 5.96. The lowest BCUT2D eigenvalue weighted by atomic mass is 9.95. The van der Waals surface area contributed by atoms with E-state index in [1.807, 2.05) is 0 Å². The lowest BCUT2D eigenvalue weighted by Crippen LogP contribution is -2.45.